The van der Waals surface area contributed by atoms with Crippen LogP contribution in [0.25, 0.3) is 0 Å². The molecule has 4 heteroatoms. The lowest BCUT2D eigenvalue weighted by atomic mass is 10.1. The van der Waals surface area contributed by atoms with Crippen molar-refractivity contribution >= 4 is 27.5 Å². The van der Waals surface area contributed by atoms with Crippen molar-refractivity contribution in [1.29, 1.82) is 0 Å². The largest absolute Gasteiger partial charge is 0.329 e. The summed E-state index contributed by atoms with van der Waals surface area (Å²) in [5.41, 5.74) is 6.79. The lowest BCUT2D eigenvalue weighted by Crippen LogP contribution is -2.27. The van der Waals surface area contributed by atoms with Crippen LogP contribution in [0.15, 0.2) is 22.7 Å². The predicted octanol–water partition coefficient (Wildman–Crippen LogP) is 2.71. The molecule has 0 aromatic heterocycles. The first kappa shape index (κ1) is 12.0. The monoisotopic (exact) mass is 276 g/mol. The van der Waals surface area contributed by atoms with E-state index in [1.807, 2.05) is 18.2 Å². The summed E-state index contributed by atoms with van der Waals surface area (Å²) in [5.74, 6) is 0. The van der Waals surface area contributed by atoms with Crippen molar-refractivity contribution in [1.82, 2.24) is 5.32 Å². The van der Waals surface area contributed by atoms with Gasteiger partial charge in [0.15, 0.2) is 0 Å². The molecule has 1 atom stereocenters. The summed E-state index contributed by atoms with van der Waals surface area (Å²) < 4.78 is 0.912. The van der Waals surface area contributed by atoms with Crippen LogP contribution in [0.3, 0.4) is 0 Å². The van der Waals surface area contributed by atoms with Crippen LogP contribution in [0, 0.1) is 0 Å². The highest BCUT2D eigenvalue weighted by molar-refractivity contribution is 9.10. The highest BCUT2D eigenvalue weighted by Crippen LogP contribution is 2.25. The topological polar surface area (TPSA) is 38.0 Å². The van der Waals surface area contributed by atoms with E-state index in [-0.39, 0.29) is 6.04 Å². The summed E-state index contributed by atoms with van der Waals surface area (Å²) in [5, 5.41) is 4.02. The Morgan fingerprint density at radius 3 is 2.79 bits per heavy atom. The van der Waals surface area contributed by atoms with E-state index in [4.69, 9.17) is 17.3 Å². The Labute approximate surface area is 98.0 Å². The van der Waals surface area contributed by atoms with Crippen LogP contribution in [0.1, 0.15) is 18.5 Å². The fraction of sp³-hybridized carbons (Fsp3) is 0.400. The van der Waals surface area contributed by atoms with E-state index in [1.54, 1.807) is 0 Å². The van der Waals surface area contributed by atoms with Crippen LogP contribution in [-0.2, 0) is 0 Å². The molecule has 0 spiro atoms. The average Bonchev–Trinajstić information content (AvgIpc) is 2.19. The molecule has 0 fully saturated rings. The van der Waals surface area contributed by atoms with Gasteiger partial charge in [0.25, 0.3) is 0 Å². The van der Waals surface area contributed by atoms with Gasteiger partial charge in [0.05, 0.1) is 5.02 Å². The Hall–Kier alpha value is -0.0900. The van der Waals surface area contributed by atoms with Crippen LogP contribution in [-0.4, -0.2) is 13.1 Å². The minimum Gasteiger partial charge on any atom is -0.329 e. The molecule has 0 aliphatic carbocycles. The Balaban J connectivity index is 2.88. The number of benzene rings is 1. The Morgan fingerprint density at radius 2 is 2.29 bits per heavy atom. The van der Waals surface area contributed by atoms with Crippen molar-refractivity contribution < 1.29 is 0 Å². The zero-order chi connectivity index (χ0) is 10.6. The number of halogens is 2. The van der Waals surface area contributed by atoms with Gasteiger partial charge in [-0.25, -0.2) is 0 Å². The molecule has 78 valence electrons. The van der Waals surface area contributed by atoms with E-state index >= 15 is 0 Å². The fourth-order valence-electron chi connectivity index (χ4n) is 1.31. The molecule has 1 aromatic carbocycles. The normalized spacial score (nSPS) is 12.9. The van der Waals surface area contributed by atoms with Gasteiger partial charge in [0.1, 0.15) is 0 Å². The minimum absolute atomic E-state index is 0.186. The minimum atomic E-state index is 0.186. The number of hydrogen-bond donors (Lipinski definition) is 2. The zero-order valence-corrected chi connectivity index (χ0v) is 10.4. The third-order valence-corrected chi connectivity index (χ3v) is 3.26. The van der Waals surface area contributed by atoms with Crippen molar-refractivity contribution in [2.75, 3.05) is 13.1 Å². The van der Waals surface area contributed by atoms with Crippen LogP contribution in [0.5, 0.6) is 0 Å². The molecule has 14 heavy (non-hydrogen) atoms. The summed E-state index contributed by atoms with van der Waals surface area (Å²) in [6, 6.07) is 6.09. The molecule has 0 bridgehead atoms. The summed E-state index contributed by atoms with van der Waals surface area (Å²) >= 11 is 9.36. The number of nitrogens with two attached hydrogens (primary N) is 1. The van der Waals surface area contributed by atoms with Gasteiger partial charge >= 0.3 is 0 Å². The van der Waals surface area contributed by atoms with E-state index in [0.717, 1.165) is 21.6 Å². The third kappa shape index (κ3) is 2.95. The first-order valence-corrected chi connectivity index (χ1v) is 5.74. The van der Waals surface area contributed by atoms with Crippen LogP contribution in [0.4, 0.5) is 0 Å². The lowest BCUT2D eigenvalue weighted by Gasteiger charge is -2.16. The first-order valence-electron chi connectivity index (χ1n) is 4.57. The summed E-state index contributed by atoms with van der Waals surface area (Å²) in [4.78, 5) is 0. The average molecular weight is 278 g/mol. The standard InChI is InChI=1S/C10H14BrClN2/c1-2-14-10(6-13)7-3-4-8(11)9(12)5-7/h3-5,10,14H,2,6,13H2,1H3. The molecule has 0 radical (unpaired) electrons. The lowest BCUT2D eigenvalue weighted by molar-refractivity contribution is 0.562. The highest BCUT2D eigenvalue weighted by atomic mass is 79.9. The second kappa shape index (κ2) is 5.71. The summed E-state index contributed by atoms with van der Waals surface area (Å²) in [7, 11) is 0. The molecule has 0 aliphatic heterocycles. The van der Waals surface area contributed by atoms with Gasteiger partial charge in [-0.3, -0.25) is 0 Å². The second-order valence-corrected chi connectivity index (χ2v) is 4.28. The van der Waals surface area contributed by atoms with Crippen LogP contribution < -0.4 is 11.1 Å². The van der Waals surface area contributed by atoms with Crippen molar-refractivity contribution in [3.8, 4) is 0 Å². The van der Waals surface area contributed by atoms with Gasteiger partial charge in [-0.1, -0.05) is 24.6 Å². The number of rotatable bonds is 4. The van der Waals surface area contributed by atoms with Crippen LogP contribution in [0.2, 0.25) is 5.02 Å². The summed E-state index contributed by atoms with van der Waals surface area (Å²) in [6.07, 6.45) is 0. The first-order chi connectivity index (χ1) is 6.69. The molecule has 1 rings (SSSR count). The van der Waals surface area contributed by atoms with Gasteiger partial charge in [0.2, 0.25) is 0 Å². The van der Waals surface area contributed by atoms with Gasteiger partial charge in [-0.2, -0.15) is 0 Å². The number of likely N-dealkylation sites (N-methyl/N-ethyl adjacent to an activating group) is 1. The third-order valence-electron chi connectivity index (χ3n) is 2.03. The molecule has 0 amide bonds. The molecule has 0 saturated carbocycles. The van der Waals surface area contributed by atoms with E-state index in [2.05, 4.69) is 28.2 Å². The fourth-order valence-corrected chi connectivity index (χ4v) is 1.75. The Kier molecular flexibility index (Phi) is 4.89. The molecular formula is C10H14BrClN2. The zero-order valence-electron chi connectivity index (χ0n) is 8.06. The van der Waals surface area contributed by atoms with Crippen LogP contribution >= 0.6 is 27.5 Å². The molecule has 1 unspecified atom stereocenters. The SMILES string of the molecule is CCNC(CN)c1ccc(Br)c(Cl)c1. The second-order valence-electron chi connectivity index (χ2n) is 3.02. The maximum atomic E-state index is 6.00. The molecule has 1 aromatic rings. The van der Waals surface area contributed by atoms with E-state index in [1.165, 1.54) is 0 Å². The molecule has 0 saturated heterocycles. The van der Waals surface area contributed by atoms with Gasteiger partial charge in [-0.05, 0) is 40.2 Å². The van der Waals surface area contributed by atoms with Gasteiger partial charge in [-0.15, -0.1) is 0 Å². The number of nitrogens with one attached hydrogen (secondary N) is 1. The molecular weight excluding hydrogens is 263 g/mol. The van der Waals surface area contributed by atoms with Crippen molar-refractivity contribution in [3.63, 3.8) is 0 Å². The molecule has 3 N–H and O–H groups in total. The van der Waals surface area contributed by atoms with E-state index in [0.29, 0.717) is 6.54 Å². The van der Waals surface area contributed by atoms with Crippen molar-refractivity contribution in [2.45, 2.75) is 13.0 Å². The number of hydrogen-bond acceptors (Lipinski definition) is 2. The quantitative estimate of drug-likeness (QED) is 0.888. The van der Waals surface area contributed by atoms with Crippen molar-refractivity contribution in [2.24, 2.45) is 5.73 Å². The maximum absolute atomic E-state index is 6.00. The van der Waals surface area contributed by atoms with Gasteiger partial charge < -0.3 is 11.1 Å². The smallest absolute Gasteiger partial charge is 0.0551 e. The Morgan fingerprint density at radius 1 is 1.57 bits per heavy atom. The van der Waals surface area contributed by atoms with Gasteiger partial charge in [0, 0.05) is 17.1 Å². The van der Waals surface area contributed by atoms with Crippen molar-refractivity contribution in [3.05, 3.63) is 33.3 Å². The predicted molar refractivity (Wildman–Crippen MR) is 64.6 cm³/mol. The van der Waals surface area contributed by atoms with E-state index < -0.39 is 0 Å². The molecule has 0 heterocycles. The summed E-state index contributed by atoms with van der Waals surface area (Å²) in [6.45, 7) is 3.53. The Bertz CT molecular complexity index is 304. The molecule has 0 aliphatic rings. The van der Waals surface area contributed by atoms with E-state index in [9.17, 15) is 0 Å². The molecule has 2 nitrogen and oxygen atoms in total. The maximum Gasteiger partial charge on any atom is 0.0551 e. The highest BCUT2D eigenvalue weighted by Gasteiger charge is 2.09.